The second-order valence-corrected chi connectivity index (χ2v) is 6.60. The van der Waals surface area contributed by atoms with Gasteiger partial charge in [0.15, 0.2) is 11.5 Å². The van der Waals surface area contributed by atoms with Crippen molar-refractivity contribution in [2.45, 2.75) is 31.1 Å². The molecule has 0 saturated carbocycles. The lowest BCUT2D eigenvalue weighted by Crippen LogP contribution is -2.32. The largest absolute Gasteiger partial charge is 0.495 e. The number of fused-ring (bicyclic) bond motifs is 5. The first-order valence-corrected chi connectivity index (χ1v) is 8.63. The predicted molar refractivity (Wildman–Crippen MR) is 91.8 cm³/mol. The van der Waals surface area contributed by atoms with Crippen LogP contribution in [0.25, 0.3) is 0 Å². The molecular formula is C19H19NO7. The van der Waals surface area contributed by atoms with Crippen molar-refractivity contribution < 1.29 is 33.4 Å². The highest BCUT2D eigenvalue weighted by molar-refractivity contribution is 6.04. The number of hydrogen-bond donors (Lipinski definition) is 0. The highest BCUT2D eigenvalue weighted by Crippen LogP contribution is 2.59. The highest BCUT2D eigenvalue weighted by Gasteiger charge is 2.44. The van der Waals surface area contributed by atoms with Crippen LogP contribution in [-0.4, -0.2) is 44.2 Å². The molecule has 2 bridgehead atoms. The lowest BCUT2D eigenvalue weighted by atomic mass is 9.91. The minimum Gasteiger partial charge on any atom is -0.495 e. The average Bonchev–Trinajstić information content (AvgIpc) is 3.37. The Morgan fingerprint density at radius 2 is 1.41 bits per heavy atom. The monoisotopic (exact) mass is 373 g/mol. The van der Waals surface area contributed by atoms with Gasteiger partial charge in [0.25, 0.3) is 11.8 Å². The SMILES string of the molecule is COc1c(OC)c2c(c(OC)c1C(=O)ON1C(=O)CCC1=O)[C@H]1C=C[C@@H]2C1. The molecule has 1 aromatic carbocycles. The van der Waals surface area contributed by atoms with E-state index in [1.54, 1.807) is 0 Å². The van der Waals surface area contributed by atoms with Crippen LogP contribution in [0.5, 0.6) is 17.2 Å². The van der Waals surface area contributed by atoms with Crippen molar-refractivity contribution in [2.75, 3.05) is 21.3 Å². The van der Waals surface area contributed by atoms with Crippen LogP contribution in [0, 0.1) is 0 Å². The van der Waals surface area contributed by atoms with Gasteiger partial charge in [0, 0.05) is 35.8 Å². The lowest BCUT2D eigenvalue weighted by molar-refractivity contribution is -0.172. The number of ether oxygens (including phenoxy) is 3. The number of carbonyl (C=O) groups excluding carboxylic acids is 3. The number of benzene rings is 1. The van der Waals surface area contributed by atoms with Gasteiger partial charge in [-0.3, -0.25) is 9.59 Å². The number of amides is 2. The van der Waals surface area contributed by atoms with E-state index in [1.807, 2.05) is 0 Å². The van der Waals surface area contributed by atoms with E-state index in [0.29, 0.717) is 16.6 Å². The van der Waals surface area contributed by atoms with Gasteiger partial charge in [-0.05, 0) is 6.42 Å². The molecule has 8 heteroatoms. The minimum absolute atomic E-state index is 0.00375. The van der Waals surface area contributed by atoms with Crippen LogP contribution < -0.4 is 14.2 Å². The molecule has 2 amide bonds. The normalized spacial score (nSPS) is 22.3. The molecule has 27 heavy (non-hydrogen) atoms. The summed E-state index contributed by atoms with van der Waals surface area (Å²) in [6, 6.07) is 0. The van der Waals surface area contributed by atoms with Gasteiger partial charge in [-0.25, -0.2) is 4.79 Å². The summed E-state index contributed by atoms with van der Waals surface area (Å²) in [4.78, 5) is 41.6. The predicted octanol–water partition coefficient (Wildman–Crippen LogP) is 2.07. The number of hydrogen-bond acceptors (Lipinski definition) is 7. The summed E-state index contributed by atoms with van der Waals surface area (Å²) >= 11 is 0. The fourth-order valence-electron chi connectivity index (χ4n) is 4.16. The molecule has 0 spiro atoms. The molecule has 142 valence electrons. The van der Waals surface area contributed by atoms with Gasteiger partial charge in [0.2, 0.25) is 0 Å². The van der Waals surface area contributed by atoms with E-state index in [2.05, 4.69) is 12.2 Å². The molecule has 2 aliphatic carbocycles. The van der Waals surface area contributed by atoms with Crippen molar-refractivity contribution in [3.8, 4) is 17.2 Å². The summed E-state index contributed by atoms with van der Waals surface area (Å²) in [5, 5.41) is 0.507. The Hall–Kier alpha value is -3.03. The van der Waals surface area contributed by atoms with Crippen molar-refractivity contribution in [1.82, 2.24) is 5.06 Å². The van der Waals surface area contributed by atoms with E-state index in [-0.39, 0.29) is 36.0 Å². The molecule has 0 N–H and O–H groups in total. The van der Waals surface area contributed by atoms with Crippen LogP contribution >= 0.6 is 0 Å². The zero-order valence-corrected chi connectivity index (χ0v) is 15.2. The number of hydroxylamine groups is 2. The molecule has 0 radical (unpaired) electrons. The molecule has 1 fully saturated rings. The molecule has 2 atom stereocenters. The van der Waals surface area contributed by atoms with E-state index in [9.17, 15) is 14.4 Å². The first-order valence-electron chi connectivity index (χ1n) is 8.63. The molecular weight excluding hydrogens is 354 g/mol. The second kappa shape index (κ2) is 6.29. The Balaban J connectivity index is 1.85. The summed E-state index contributed by atoms with van der Waals surface area (Å²) < 4.78 is 16.6. The van der Waals surface area contributed by atoms with Gasteiger partial charge in [-0.2, -0.15) is 0 Å². The van der Waals surface area contributed by atoms with E-state index >= 15 is 0 Å². The maximum Gasteiger partial charge on any atom is 0.371 e. The average molecular weight is 373 g/mol. The number of carbonyl (C=O) groups is 3. The number of imide groups is 1. The molecule has 1 saturated heterocycles. The standard InChI is InChI=1S/C19H19NO7/c1-24-16-13-9-4-5-10(8-9)14(13)17(25-2)18(26-3)15(16)19(23)27-20-11(21)6-7-12(20)22/h4-5,9-10H,6-8H2,1-3H3/t9-,10+/m0/s1. The van der Waals surface area contributed by atoms with Gasteiger partial charge in [-0.1, -0.05) is 12.2 Å². The molecule has 3 aliphatic rings. The van der Waals surface area contributed by atoms with Crippen molar-refractivity contribution in [1.29, 1.82) is 0 Å². The number of methoxy groups -OCH3 is 3. The molecule has 4 rings (SSSR count). The Morgan fingerprint density at radius 1 is 0.889 bits per heavy atom. The third-order valence-electron chi connectivity index (χ3n) is 5.26. The summed E-state index contributed by atoms with van der Waals surface area (Å²) in [6.07, 6.45) is 5.08. The van der Waals surface area contributed by atoms with Gasteiger partial charge >= 0.3 is 5.97 Å². The molecule has 0 aromatic heterocycles. The van der Waals surface area contributed by atoms with Crippen LogP contribution in [0.2, 0.25) is 0 Å². The van der Waals surface area contributed by atoms with E-state index in [0.717, 1.165) is 17.5 Å². The van der Waals surface area contributed by atoms with E-state index in [4.69, 9.17) is 19.0 Å². The summed E-state index contributed by atoms with van der Waals surface area (Å²) in [7, 11) is 4.37. The van der Waals surface area contributed by atoms with Crippen LogP contribution in [0.15, 0.2) is 12.2 Å². The Kier molecular flexibility index (Phi) is 4.05. The zero-order chi connectivity index (χ0) is 19.3. The summed E-state index contributed by atoms with van der Waals surface area (Å²) in [5.74, 6) is -0.822. The van der Waals surface area contributed by atoms with Gasteiger partial charge < -0.3 is 19.0 Å². The fourth-order valence-corrected chi connectivity index (χ4v) is 4.16. The van der Waals surface area contributed by atoms with Crippen molar-refractivity contribution in [2.24, 2.45) is 0 Å². The third-order valence-corrected chi connectivity index (χ3v) is 5.26. The topological polar surface area (TPSA) is 91.4 Å². The van der Waals surface area contributed by atoms with Crippen LogP contribution in [-0.2, 0) is 14.4 Å². The maximum absolute atomic E-state index is 12.9. The number of rotatable bonds is 5. The molecule has 1 heterocycles. The van der Waals surface area contributed by atoms with Crippen molar-refractivity contribution in [3.05, 3.63) is 28.8 Å². The van der Waals surface area contributed by atoms with Crippen molar-refractivity contribution in [3.63, 3.8) is 0 Å². The zero-order valence-electron chi connectivity index (χ0n) is 15.2. The molecule has 1 aliphatic heterocycles. The molecule has 0 unspecified atom stereocenters. The number of allylic oxidation sites excluding steroid dienone is 2. The van der Waals surface area contributed by atoms with Gasteiger partial charge in [0.1, 0.15) is 11.3 Å². The fraction of sp³-hybridized carbons (Fsp3) is 0.421. The number of nitrogens with zero attached hydrogens (tertiary/aromatic N) is 1. The van der Waals surface area contributed by atoms with Crippen LogP contribution in [0.4, 0.5) is 0 Å². The summed E-state index contributed by atoms with van der Waals surface area (Å²) in [6.45, 7) is 0. The van der Waals surface area contributed by atoms with Crippen molar-refractivity contribution >= 4 is 17.8 Å². The maximum atomic E-state index is 12.9. The third kappa shape index (κ3) is 2.39. The Bertz CT molecular complexity index is 873. The van der Waals surface area contributed by atoms with Crippen LogP contribution in [0.3, 0.4) is 0 Å². The van der Waals surface area contributed by atoms with Gasteiger partial charge in [-0.15, -0.1) is 5.06 Å². The Labute approximate surface area is 155 Å². The van der Waals surface area contributed by atoms with E-state index < -0.39 is 17.8 Å². The molecule has 8 nitrogen and oxygen atoms in total. The first-order chi connectivity index (χ1) is 13.0. The van der Waals surface area contributed by atoms with Crippen LogP contribution in [0.1, 0.15) is 52.6 Å². The second-order valence-electron chi connectivity index (χ2n) is 6.60. The first kappa shape index (κ1) is 17.4. The lowest BCUT2D eigenvalue weighted by Gasteiger charge is -2.24. The Morgan fingerprint density at radius 3 is 1.93 bits per heavy atom. The summed E-state index contributed by atoms with van der Waals surface area (Å²) in [5.41, 5.74) is 1.79. The minimum atomic E-state index is -0.903. The highest BCUT2D eigenvalue weighted by atomic mass is 16.7. The van der Waals surface area contributed by atoms with E-state index in [1.165, 1.54) is 21.3 Å². The smallest absolute Gasteiger partial charge is 0.371 e. The van der Waals surface area contributed by atoms with Gasteiger partial charge in [0.05, 0.1) is 21.3 Å². The molecule has 1 aromatic rings. The quantitative estimate of drug-likeness (QED) is 0.576.